The summed E-state index contributed by atoms with van der Waals surface area (Å²) in [7, 11) is 0. The van der Waals surface area contributed by atoms with E-state index in [0.717, 1.165) is 0 Å². The lowest BCUT2D eigenvalue weighted by atomic mass is 10.3. The molecule has 4 N–H and O–H groups in total. The molecule has 3 heterocycles. The Labute approximate surface area is 151 Å². The predicted molar refractivity (Wildman–Crippen MR) is 95.5 cm³/mol. The van der Waals surface area contributed by atoms with Crippen molar-refractivity contribution < 1.29 is 0 Å². The molecule has 0 atom stereocenters. The Kier molecular flexibility index (Phi) is 3.66. The summed E-state index contributed by atoms with van der Waals surface area (Å²) in [6.07, 6.45) is 1.62. The van der Waals surface area contributed by atoms with E-state index in [2.05, 4.69) is 35.5 Å². The molecular weight excluding hydrogens is 365 g/mol. The van der Waals surface area contributed by atoms with E-state index in [1.54, 1.807) is 35.9 Å². The Morgan fingerprint density at radius 3 is 2.64 bits per heavy atom. The molecule has 3 aromatic heterocycles. The number of nitrogen functional groups attached to an aromatic ring is 1. The molecule has 0 unspecified atom stereocenters. The van der Waals surface area contributed by atoms with E-state index < -0.39 is 0 Å². The molecule has 1 aromatic carbocycles. The van der Waals surface area contributed by atoms with Gasteiger partial charge in [-0.1, -0.05) is 23.2 Å². The number of halogens is 2. The molecule has 0 aliphatic rings. The monoisotopic (exact) mass is 375 g/mol. The molecule has 0 radical (unpaired) electrons. The SMILES string of the molecule is Cc1nc(N)nc(-n2c(Nc3ccn[nH]3)nc3cc(Cl)c(Cl)cc32)n1. The van der Waals surface area contributed by atoms with Gasteiger partial charge in [0.25, 0.3) is 0 Å². The van der Waals surface area contributed by atoms with Gasteiger partial charge in [-0.15, -0.1) is 0 Å². The van der Waals surface area contributed by atoms with E-state index in [-0.39, 0.29) is 5.95 Å². The van der Waals surface area contributed by atoms with E-state index in [4.69, 9.17) is 28.9 Å². The molecule has 4 rings (SSSR count). The van der Waals surface area contributed by atoms with Crippen LogP contribution < -0.4 is 11.1 Å². The molecule has 0 aliphatic heterocycles. The van der Waals surface area contributed by atoms with Crippen LogP contribution in [0.3, 0.4) is 0 Å². The van der Waals surface area contributed by atoms with Gasteiger partial charge < -0.3 is 11.1 Å². The summed E-state index contributed by atoms with van der Waals surface area (Å²) in [5, 5.41) is 10.6. The number of hydrogen-bond acceptors (Lipinski definition) is 7. The summed E-state index contributed by atoms with van der Waals surface area (Å²) >= 11 is 12.3. The summed E-state index contributed by atoms with van der Waals surface area (Å²) in [5.41, 5.74) is 7.06. The maximum atomic E-state index is 6.17. The molecule has 0 bridgehead atoms. The second-order valence-electron chi connectivity index (χ2n) is 5.16. The minimum Gasteiger partial charge on any atom is -0.368 e. The van der Waals surface area contributed by atoms with Gasteiger partial charge in [-0.2, -0.15) is 20.1 Å². The van der Waals surface area contributed by atoms with Crippen LogP contribution >= 0.6 is 23.2 Å². The highest BCUT2D eigenvalue weighted by Gasteiger charge is 2.18. The number of anilines is 3. The first-order valence-corrected chi connectivity index (χ1v) is 7.89. The minimum absolute atomic E-state index is 0.108. The first-order chi connectivity index (χ1) is 12.0. The lowest BCUT2D eigenvalue weighted by Gasteiger charge is -2.09. The molecule has 4 aromatic rings. The maximum absolute atomic E-state index is 6.17. The molecule has 0 amide bonds. The molecule has 25 heavy (non-hydrogen) atoms. The summed E-state index contributed by atoms with van der Waals surface area (Å²) in [6.45, 7) is 1.73. The van der Waals surface area contributed by atoms with Gasteiger partial charge in [-0.25, -0.2) is 9.55 Å². The van der Waals surface area contributed by atoms with E-state index in [1.807, 2.05) is 0 Å². The summed E-state index contributed by atoms with van der Waals surface area (Å²) in [6, 6.07) is 5.13. The van der Waals surface area contributed by atoms with Crippen molar-refractivity contribution in [3.8, 4) is 5.95 Å². The number of nitrogens with two attached hydrogens (primary N) is 1. The quantitative estimate of drug-likeness (QED) is 0.502. The second kappa shape index (κ2) is 5.87. The standard InChI is InChI=1S/C14H11Cl2N9/c1-6-19-12(17)23-13(20-6)25-10-5-8(16)7(15)4-9(10)21-14(25)22-11-2-3-18-24-11/h2-5H,1H3,(H2,17,19,20,23)(H2,18,21,22,24). The molecule has 0 aliphatic carbocycles. The van der Waals surface area contributed by atoms with Crippen LogP contribution in [0.25, 0.3) is 17.0 Å². The molecule has 11 heteroatoms. The van der Waals surface area contributed by atoms with Crippen LogP contribution in [0.5, 0.6) is 0 Å². The molecule has 126 valence electrons. The van der Waals surface area contributed by atoms with Gasteiger partial charge in [0.2, 0.25) is 17.8 Å². The molecule has 0 fully saturated rings. The van der Waals surface area contributed by atoms with Crippen molar-refractivity contribution in [3.63, 3.8) is 0 Å². The van der Waals surface area contributed by atoms with Crippen LogP contribution in [0.15, 0.2) is 24.4 Å². The number of aromatic amines is 1. The van der Waals surface area contributed by atoms with Gasteiger partial charge in [0, 0.05) is 6.07 Å². The Balaban J connectivity index is 1.99. The van der Waals surface area contributed by atoms with Gasteiger partial charge in [-0.05, 0) is 19.1 Å². The highest BCUT2D eigenvalue weighted by Crippen LogP contribution is 2.31. The number of aryl methyl sites for hydroxylation is 1. The average molecular weight is 376 g/mol. The number of H-pyrrole nitrogens is 1. The normalized spacial score (nSPS) is 11.2. The molecule has 0 spiro atoms. The Morgan fingerprint density at radius 2 is 1.92 bits per heavy atom. The van der Waals surface area contributed by atoms with Crippen LogP contribution in [0, 0.1) is 6.92 Å². The van der Waals surface area contributed by atoms with Crippen molar-refractivity contribution in [1.29, 1.82) is 0 Å². The van der Waals surface area contributed by atoms with Gasteiger partial charge >= 0.3 is 0 Å². The Bertz CT molecular complexity index is 1050. The zero-order chi connectivity index (χ0) is 17.6. The number of imidazole rings is 1. The predicted octanol–water partition coefficient (Wildman–Crippen LogP) is 2.87. The summed E-state index contributed by atoms with van der Waals surface area (Å²) in [4.78, 5) is 17.1. The molecule has 0 saturated carbocycles. The smallest absolute Gasteiger partial charge is 0.242 e. The van der Waals surface area contributed by atoms with Crippen LogP contribution in [0.1, 0.15) is 5.82 Å². The maximum Gasteiger partial charge on any atom is 0.242 e. The number of fused-ring (bicyclic) bond motifs is 1. The van der Waals surface area contributed by atoms with Crippen LogP contribution in [-0.2, 0) is 0 Å². The zero-order valence-corrected chi connectivity index (χ0v) is 14.3. The fourth-order valence-corrected chi connectivity index (χ4v) is 2.71. The highest BCUT2D eigenvalue weighted by atomic mass is 35.5. The fraction of sp³-hybridized carbons (Fsp3) is 0.0714. The number of nitrogens with one attached hydrogen (secondary N) is 2. The van der Waals surface area contributed by atoms with E-state index in [1.165, 1.54) is 0 Å². The van der Waals surface area contributed by atoms with Crippen molar-refractivity contribution in [2.75, 3.05) is 11.1 Å². The zero-order valence-electron chi connectivity index (χ0n) is 12.8. The third-order valence-electron chi connectivity index (χ3n) is 3.40. The van der Waals surface area contributed by atoms with Crippen LogP contribution in [-0.4, -0.2) is 34.7 Å². The van der Waals surface area contributed by atoms with Gasteiger partial charge in [0.05, 0.1) is 27.3 Å². The average Bonchev–Trinajstić information content (AvgIpc) is 3.15. The van der Waals surface area contributed by atoms with E-state index in [9.17, 15) is 0 Å². The molecular formula is C14H11Cl2N9. The van der Waals surface area contributed by atoms with E-state index in [0.29, 0.717) is 44.6 Å². The van der Waals surface area contributed by atoms with E-state index >= 15 is 0 Å². The number of hydrogen-bond donors (Lipinski definition) is 3. The lowest BCUT2D eigenvalue weighted by Crippen LogP contribution is -2.10. The highest BCUT2D eigenvalue weighted by molar-refractivity contribution is 6.42. The van der Waals surface area contributed by atoms with Crippen molar-refractivity contribution >= 4 is 51.9 Å². The number of rotatable bonds is 3. The second-order valence-corrected chi connectivity index (χ2v) is 5.98. The van der Waals surface area contributed by atoms with Crippen molar-refractivity contribution in [1.82, 2.24) is 34.7 Å². The first-order valence-electron chi connectivity index (χ1n) is 7.13. The Hall–Kier alpha value is -2.91. The fourth-order valence-electron chi connectivity index (χ4n) is 2.39. The van der Waals surface area contributed by atoms with Crippen molar-refractivity contribution in [3.05, 3.63) is 40.3 Å². The molecule has 9 nitrogen and oxygen atoms in total. The number of aromatic nitrogens is 7. The third-order valence-corrected chi connectivity index (χ3v) is 4.12. The summed E-state index contributed by atoms with van der Waals surface area (Å²) < 4.78 is 1.68. The lowest BCUT2D eigenvalue weighted by molar-refractivity contribution is 0.893. The van der Waals surface area contributed by atoms with Gasteiger partial charge in [-0.3, -0.25) is 5.10 Å². The van der Waals surface area contributed by atoms with Crippen molar-refractivity contribution in [2.45, 2.75) is 6.92 Å². The third kappa shape index (κ3) is 2.83. The van der Waals surface area contributed by atoms with Crippen molar-refractivity contribution in [2.24, 2.45) is 0 Å². The minimum atomic E-state index is 0.108. The van der Waals surface area contributed by atoms with Crippen LogP contribution in [0.2, 0.25) is 10.0 Å². The first kappa shape index (κ1) is 15.6. The molecule has 0 saturated heterocycles. The van der Waals surface area contributed by atoms with Crippen LogP contribution in [0.4, 0.5) is 17.7 Å². The Morgan fingerprint density at radius 1 is 1.12 bits per heavy atom. The number of nitrogens with zero attached hydrogens (tertiary/aromatic N) is 6. The summed E-state index contributed by atoms with van der Waals surface area (Å²) in [5.74, 6) is 2.00. The van der Waals surface area contributed by atoms with Gasteiger partial charge in [0.1, 0.15) is 11.6 Å². The largest absolute Gasteiger partial charge is 0.368 e. The van der Waals surface area contributed by atoms with Gasteiger partial charge in [0.15, 0.2) is 0 Å². The number of benzene rings is 1. The topological polar surface area (TPSA) is 123 Å².